The number of halogens is 3. The molecule has 0 saturated carbocycles. The van der Waals surface area contributed by atoms with Gasteiger partial charge in [-0.25, -0.2) is 13.1 Å². The molecule has 0 heterocycles. The quantitative estimate of drug-likeness (QED) is 0.784. The van der Waals surface area contributed by atoms with Crippen molar-refractivity contribution in [3.8, 4) is 0 Å². The number of hydrogen-bond acceptors (Lipinski definition) is 3. The van der Waals surface area contributed by atoms with E-state index in [1.165, 1.54) is 0 Å². The highest BCUT2D eigenvalue weighted by Gasteiger charge is 2.15. The molecule has 1 aromatic rings. The summed E-state index contributed by atoms with van der Waals surface area (Å²) in [4.78, 5) is 0. The van der Waals surface area contributed by atoms with Crippen molar-refractivity contribution in [1.29, 1.82) is 0 Å². The van der Waals surface area contributed by atoms with Crippen molar-refractivity contribution in [2.24, 2.45) is 5.73 Å². The van der Waals surface area contributed by atoms with Gasteiger partial charge in [0.05, 0.1) is 5.75 Å². The van der Waals surface area contributed by atoms with E-state index in [9.17, 15) is 8.42 Å². The van der Waals surface area contributed by atoms with Gasteiger partial charge in [0, 0.05) is 22.2 Å². The Kier molecular flexibility index (Phi) is 8.18. The lowest BCUT2D eigenvalue weighted by Gasteiger charge is -2.09. The molecule has 0 fully saturated rings. The molecule has 1 aromatic carbocycles. The van der Waals surface area contributed by atoms with E-state index in [4.69, 9.17) is 28.9 Å². The normalized spacial score (nSPS) is 11.1. The van der Waals surface area contributed by atoms with Crippen molar-refractivity contribution < 1.29 is 8.42 Å². The Morgan fingerprint density at radius 1 is 1.22 bits per heavy atom. The molecular formula is C10H15Cl3N2O2S. The van der Waals surface area contributed by atoms with Crippen molar-refractivity contribution in [2.75, 3.05) is 13.1 Å². The molecule has 0 unspecified atom stereocenters. The van der Waals surface area contributed by atoms with Crippen LogP contribution in [0.15, 0.2) is 18.2 Å². The summed E-state index contributed by atoms with van der Waals surface area (Å²) in [6, 6.07) is 4.89. The van der Waals surface area contributed by atoms with E-state index in [2.05, 4.69) is 4.72 Å². The SMILES string of the molecule is Cl.NCCCNS(=O)(=O)Cc1c(Cl)cccc1Cl. The minimum Gasteiger partial charge on any atom is -0.330 e. The number of hydrogen-bond donors (Lipinski definition) is 2. The molecular weight excluding hydrogens is 319 g/mol. The van der Waals surface area contributed by atoms with Crippen LogP contribution in [0.1, 0.15) is 12.0 Å². The lowest BCUT2D eigenvalue weighted by molar-refractivity contribution is 0.578. The Morgan fingerprint density at radius 2 is 1.78 bits per heavy atom. The minimum absolute atomic E-state index is 0. The fourth-order valence-corrected chi connectivity index (χ4v) is 3.18. The standard InChI is InChI=1S/C10H14Cl2N2O2S.ClH/c11-9-3-1-4-10(12)8(9)7-17(15,16)14-6-2-5-13;/h1,3-4,14H,2,5-7,13H2;1H. The van der Waals surface area contributed by atoms with Crippen LogP contribution in [-0.4, -0.2) is 21.5 Å². The van der Waals surface area contributed by atoms with E-state index in [1.807, 2.05) is 0 Å². The van der Waals surface area contributed by atoms with Crippen LogP contribution in [0.25, 0.3) is 0 Å². The Bertz CT molecular complexity index is 460. The maximum absolute atomic E-state index is 11.7. The topological polar surface area (TPSA) is 72.2 Å². The van der Waals surface area contributed by atoms with Gasteiger partial charge >= 0.3 is 0 Å². The lowest BCUT2D eigenvalue weighted by Crippen LogP contribution is -2.27. The summed E-state index contributed by atoms with van der Waals surface area (Å²) in [7, 11) is -3.43. The van der Waals surface area contributed by atoms with E-state index in [0.29, 0.717) is 35.1 Å². The second kappa shape index (κ2) is 8.19. The first kappa shape index (κ1) is 18.0. The van der Waals surface area contributed by atoms with E-state index in [-0.39, 0.29) is 18.2 Å². The van der Waals surface area contributed by atoms with E-state index in [1.54, 1.807) is 18.2 Å². The van der Waals surface area contributed by atoms with Gasteiger partial charge in [-0.1, -0.05) is 29.3 Å². The summed E-state index contributed by atoms with van der Waals surface area (Å²) >= 11 is 11.8. The Morgan fingerprint density at radius 3 is 2.28 bits per heavy atom. The number of nitrogens with one attached hydrogen (secondary N) is 1. The third-order valence-electron chi connectivity index (χ3n) is 2.10. The van der Waals surface area contributed by atoms with Crippen molar-refractivity contribution in [2.45, 2.75) is 12.2 Å². The van der Waals surface area contributed by atoms with Gasteiger partial charge in [0.15, 0.2) is 0 Å². The molecule has 0 amide bonds. The highest BCUT2D eigenvalue weighted by molar-refractivity contribution is 7.88. The first-order chi connectivity index (χ1) is 7.96. The molecule has 8 heteroatoms. The average molecular weight is 334 g/mol. The molecule has 104 valence electrons. The number of benzene rings is 1. The first-order valence-electron chi connectivity index (χ1n) is 5.06. The summed E-state index contributed by atoms with van der Waals surface area (Å²) in [5, 5.41) is 0.698. The van der Waals surface area contributed by atoms with Crippen molar-refractivity contribution >= 4 is 45.6 Å². The molecule has 0 spiro atoms. The van der Waals surface area contributed by atoms with Crippen LogP contribution in [0.2, 0.25) is 10.0 Å². The molecule has 3 N–H and O–H groups in total. The molecule has 4 nitrogen and oxygen atoms in total. The van der Waals surface area contributed by atoms with Crippen molar-refractivity contribution in [3.05, 3.63) is 33.8 Å². The molecule has 0 aromatic heterocycles. The van der Waals surface area contributed by atoms with Gasteiger partial charge in [-0.05, 0) is 25.1 Å². The molecule has 1 rings (SSSR count). The average Bonchev–Trinajstić information content (AvgIpc) is 2.24. The molecule has 0 atom stereocenters. The zero-order chi connectivity index (χ0) is 12.9. The van der Waals surface area contributed by atoms with Crippen molar-refractivity contribution in [1.82, 2.24) is 4.72 Å². The highest BCUT2D eigenvalue weighted by Crippen LogP contribution is 2.25. The molecule has 0 bridgehead atoms. The van der Waals surface area contributed by atoms with Crippen LogP contribution < -0.4 is 10.5 Å². The van der Waals surface area contributed by atoms with Gasteiger partial charge in [-0.15, -0.1) is 12.4 Å². The highest BCUT2D eigenvalue weighted by atomic mass is 35.5. The van der Waals surface area contributed by atoms with E-state index < -0.39 is 10.0 Å². The minimum atomic E-state index is -3.43. The number of rotatable bonds is 6. The number of nitrogens with two attached hydrogens (primary N) is 1. The molecule has 0 saturated heterocycles. The molecule has 0 radical (unpaired) electrons. The van der Waals surface area contributed by atoms with Gasteiger partial charge in [-0.2, -0.15) is 0 Å². The van der Waals surface area contributed by atoms with Gasteiger partial charge in [0.2, 0.25) is 10.0 Å². The maximum atomic E-state index is 11.7. The van der Waals surface area contributed by atoms with E-state index >= 15 is 0 Å². The van der Waals surface area contributed by atoms with Crippen molar-refractivity contribution in [3.63, 3.8) is 0 Å². The van der Waals surface area contributed by atoms with Crippen LogP contribution in [0, 0.1) is 0 Å². The molecule has 0 aliphatic carbocycles. The van der Waals surface area contributed by atoms with Crippen LogP contribution in [0.3, 0.4) is 0 Å². The van der Waals surface area contributed by atoms with E-state index in [0.717, 1.165) is 0 Å². The number of sulfonamides is 1. The Labute approximate surface area is 123 Å². The summed E-state index contributed by atoms with van der Waals surface area (Å²) < 4.78 is 25.9. The third kappa shape index (κ3) is 5.73. The fraction of sp³-hybridized carbons (Fsp3) is 0.400. The van der Waals surface area contributed by atoms with Crippen LogP contribution in [-0.2, 0) is 15.8 Å². The van der Waals surface area contributed by atoms with Gasteiger partial charge in [-0.3, -0.25) is 0 Å². The first-order valence-corrected chi connectivity index (χ1v) is 7.47. The second-order valence-electron chi connectivity index (χ2n) is 3.50. The Balaban J connectivity index is 0.00000289. The third-order valence-corrected chi connectivity index (χ3v) is 4.12. The predicted molar refractivity (Wildman–Crippen MR) is 78.0 cm³/mol. The zero-order valence-electron chi connectivity index (χ0n) is 9.53. The summed E-state index contributed by atoms with van der Waals surface area (Å²) in [6.45, 7) is 0.760. The molecule has 18 heavy (non-hydrogen) atoms. The molecule has 0 aliphatic rings. The van der Waals surface area contributed by atoms with Crippen LogP contribution >= 0.6 is 35.6 Å². The zero-order valence-corrected chi connectivity index (χ0v) is 12.7. The van der Waals surface area contributed by atoms with Crippen LogP contribution in [0.5, 0.6) is 0 Å². The predicted octanol–water partition coefficient (Wildman–Crippen LogP) is 2.18. The van der Waals surface area contributed by atoms with Gasteiger partial charge in [0.25, 0.3) is 0 Å². The summed E-state index contributed by atoms with van der Waals surface area (Å²) in [5.41, 5.74) is 5.69. The monoisotopic (exact) mass is 332 g/mol. The lowest BCUT2D eigenvalue weighted by atomic mass is 10.2. The molecule has 0 aliphatic heterocycles. The summed E-state index contributed by atoms with van der Waals surface area (Å²) in [6.07, 6.45) is 0.593. The van der Waals surface area contributed by atoms with Gasteiger partial charge < -0.3 is 5.73 Å². The van der Waals surface area contributed by atoms with Gasteiger partial charge in [0.1, 0.15) is 0 Å². The maximum Gasteiger partial charge on any atom is 0.215 e. The summed E-state index contributed by atoms with van der Waals surface area (Å²) in [5.74, 6) is -0.226. The fourth-order valence-electron chi connectivity index (χ4n) is 1.24. The smallest absolute Gasteiger partial charge is 0.215 e. The second-order valence-corrected chi connectivity index (χ2v) is 6.12. The largest absolute Gasteiger partial charge is 0.330 e. The van der Waals surface area contributed by atoms with Crippen LogP contribution in [0.4, 0.5) is 0 Å². The Hall–Kier alpha value is -0.0400.